The van der Waals surface area contributed by atoms with Crippen molar-refractivity contribution in [3.05, 3.63) is 24.0 Å². The summed E-state index contributed by atoms with van der Waals surface area (Å²) in [4.78, 5) is -0.0506. The Morgan fingerprint density at radius 3 is 2.71 bits per heavy atom. The van der Waals surface area contributed by atoms with Crippen LogP contribution in [0, 0.1) is 11.7 Å². The first-order valence-electron chi connectivity index (χ1n) is 6.95. The molecule has 1 heterocycles. The van der Waals surface area contributed by atoms with Crippen molar-refractivity contribution in [3.8, 4) is 5.75 Å². The quantitative estimate of drug-likeness (QED) is 0.915. The number of halogens is 1. The molecule has 1 aliphatic heterocycles. The molecule has 0 aliphatic carbocycles. The minimum Gasteiger partial charge on any atom is -0.494 e. The number of rotatable bonds is 4. The van der Waals surface area contributed by atoms with Crippen molar-refractivity contribution >= 4 is 10.0 Å². The fourth-order valence-electron chi connectivity index (χ4n) is 2.62. The molecular formula is C14H21FN2O3S. The average Bonchev–Trinajstić information content (AvgIpc) is 2.47. The Labute approximate surface area is 124 Å². The maximum atomic E-state index is 13.8. The van der Waals surface area contributed by atoms with Crippen LogP contribution in [0.2, 0.25) is 0 Å². The van der Waals surface area contributed by atoms with Crippen LogP contribution in [0.4, 0.5) is 4.39 Å². The molecule has 2 unspecified atom stereocenters. The molecule has 1 aromatic rings. The molecule has 1 fully saturated rings. The molecule has 21 heavy (non-hydrogen) atoms. The summed E-state index contributed by atoms with van der Waals surface area (Å²) in [6.07, 6.45) is 1.68. The van der Waals surface area contributed by atoms with Crippen molar-refractivity contribution in [2.24, 2.45) is 11.7 Å². The van der Waals surface area contributed by atoms with Crippen molar-refractivity contribution in [2.75, 3.05) is 20.2 Å². The van der Waals surface area contributed by atoms with E-state index >= 15 is 0 Å². The van der Waals surface area contributed by atoms with Crippen LogP contribution < -0.4 is 10.5 Å². The van der Waals surface area contributed by atoms with Crippen LogP contribution in [0.25, 0.3) is 0 Å². The zero-order chi connectivity index (χ0) is 15.6. The van der Waals surface area contributed by atoms with Crippen molar-refractivity contribution in [1.29, 1.82) is 0 Å². The molecule has 0 radical (unpaired) electrons. The van der Waals surface area contributed by atoms with E-state index in [0.29, 0.717) is 13.1 Å². The minimum absolute atomic E-state index is 0.0282. The number of nitrogens with zero attached hydrogens (tertiary/aromatic N) is 1. The highest BCUT2D eigenvalue weighted by atomic mass is 32.2. The SMILES string of the molecule is COc1ccc(S(=O)(=O)N2CC(CN)CCC2C)cc1F. The minimum atomic E-state index is -3.72. The summed E-state index contributed by atoms with van der Waals surface area (Å²) >= 11 is 0. The van der Waals surface area contributed by atoms with Crippen LogP contribution in [-0.2, 0) is 10.0 Å². The van der Waals surface area contributed by atoms with Gasteiger partial charge in [-0.05, 0) is 50.4 Å². The normalized spacial score (nSPS) is 24.0. The maximum absolute atomic E-state index is 13.8. The summed E-state index contributed by atoms with van der Waals surface area (Å²) in [5.74, 6) is -0.502. The highest BCUT2D eigenvalue weighted by Gasteiger charge is 2.34. The number of piperidine rings is 1. The first kappa shape index (κ1) is 16.2. The van der Waals surface area contributed by atoms with Gasteiger partial charge in [0.1, 0.15) is 0 Å². The van der Waals surface area contributed by atoms with Gasteiger partial charge in [-0.1, -0.05) is 0 Å². The molecule has 2 N–H and O–H groups in total. The summed E-state index contributed by atoms with van der Waals surface area (Å²) in [6.45, 7) is 2.70. The van der Waals surface area contributed by atoms with E-state index in [-0.39, 0.29) is 22.6 Å². The van der Waals surface area contributed by atoms with Gasteiger partial charge in [0.15, 0.2) is 11.6 Å². The summed E-state index contributed by atoms with van der Waals surface area (Å²) in [5.41, 5.74) is 5.66. The number of benzene rings is 1. The summed E-state index contributed by atoms with van der Waals surface area (Å²) in [5, 5.41) is 0. The number of sulfonamides is 1. The van der Waals surface area contributed by atoms with Crippen LogP contribution in [-0.4, -0.2) is 39.0 Å². The van der Waals surface area contributed by atoms with E-state index in [4.69, 9.17) is 10.5 Å². The fourth-order valence-corrected chi connectivity index (χ4v) is 4.37. The molecule has 0 bridgehead atoms. The molecule has 5 nitrogen and oxygen atoms in total. The lowest BCUT2D eigenvalue weighted by molar-refractivity contribution is 0.211. The Bertz CT molecular complexity index is 606. The monoisotopic (exact) mass is 316 g/mol. The average molecular weight is 316 g/mol. The molecular weight excluding hydrogens is 295 g/mol. The van der Waals surface area contributed by atoms with Gasteiger partial charge in [-0.15, -0.1) is 0 Å². The van der Waals surface area contributed by atoms with E-state index in [9.17, 15) is 12.8 Å². The Kier molecular flexibility index (Phi) is 4.85. The van der Waals surface area contributed by atoms with Gasteiger partial charge in [0.2, 0.25) is 10.0 Å². The standard InChI is InChI=1S/C14H21FN2O3S/c1-10-3-4-11(8-16)9-17(10)21(18,19)12-5-6-14(20-2)13(15)7-12/h5-7,10-11H,3-4,8-9,16H2,1-2H3. The van der Waals surface area contributed by atoms with E-state index < -0.39 is 15.8 Å². The molecule has 1 aromatic carbocycles. The molecule has 0 amide bonds. The second-order valence-corrected chi connectivity index (χ2v) is 7.29. The second kappa shape index (κ2) is 6.29. The fraction of sp³-hybridized carbons (Fsp3) is 0.571. The van der Waals surface area contributed by atoms with Gasteiger partial charge >= 0.3 is 0 Å². The van der Waals surface area contributed by atoms with Gasteiger partial charge < -0.3 is 10.5 Å². The summed E-state index contributed by atoms with van der Waals surface area (Å²) < 4.78 is 45.4. The highest BCUT2D eigenvalue weighted by Crippen LogP contribution is 2.29. The Hall–Kier alpha value is -1.18. The lowest BCUT2D eigenvalue weighted by Crippen LogP contribution is -2.47. The van der Waals surface area contributed by atoms with Gasteiger partial charge in [-0.3, -0.25) is 0 Å². The topological polar surface area (TPSA) is 72.6 Å². The molecule has 7 heteroatoms. The molecule has 0 saturated carbocycles. The van der Waals surface area contributed by atoms with Gasteiger partial charge in [0.05, 0.1) is 12.0 Å². The third kappa shape index (κ3) is 3.20. The molecule has 1 saturated heterocycles. The van der Waals surface area contributed by atoms with Gasteiger partial charge in [0.25, 0.3) is 0 Å². The van der Waals surface area contributed by atoms with Crippen molar-refractivity contribution < 1.29 is 17.5 Å². The van der Waals surface area contributed by atoms with Crippen LogP contribution >= 0.6 is 0 Å². The summed E-state index contributed by atoms with van der Waals surface area (Å²) in [7, 11) is -2.38. The third-order valence-corrected chi connectivity index (χ3v) is 5.96. The van der Waals surface area contributed by atoms with Gasteiger partial charge in [0, 0.05) is 12.6 Å². The lowest BCUT2D eigenvalue weighted by atomic mass is 9.96. The lowest BCUT2D eigenvalue weighted by Gasteiger charge is -2.36. The van der Waals surface area contributed by atoms with Crippen LogP contribution in [0.3, 0.4) is 0 Å². The van der Waals surface area contributed by atoms with E-state index in [1.165, 1.54) is 23.5 Å². The van der Waals surface area contributed by atoms with Crippen molar-refractivity contribution in [2.45, 2.75) is 30.7 Å². The zero-order valence-corrected chi connectivity index (χ0v) is 13.1. The van der Waals surface area contributed by atoms with Crippen LogP contribution in [0.1, 0.15) is 19.8 Å². The molecule has 118 valence electrons. The largest absolute Gasteiger partial charge is 0.494 e. The number of methoxy groups -OCH3 is 1. The number of hydrogen-bond donors (Lipinski definition) is 1. The number of ether oxygens (including phenoxy) is 1. The first-order chi connectivity index (χ1) is 9.90. The van der Waals surface area contributed by atoms with Crippen molar-refractivity contribution in [1.82, 2.24) is 4.31 Å². The Balaban J connectivity index is 2.34. The first-order valence-corrected chi connectivity index (χ1v) is 8.39. The highest BCUT2D eigenvalue weighted by molar-refractivity contribution is 7.89. The molecule has 2 atom stereocenters. The molecule has 0 aromatic heterocycles. The maximum Gasteiger partial charge on any atom is 0.243 e. The number of hydrogen-bond acceptors (Lipinski definition) is 4. The van der Waals surface area contributed by atoms with E-state index in [1.807, 2.05) is 6.92 Å². The number of nitrogens with two attached hydrogens (primary N) is 1. The molecule has 0 spiro atoms. The molecule has 2 rings (SSSR count). The predicted octanol–water partition coefficient (Wildman–Crippen LogP) is 1.58. The van der Waals surface area contributed by atoms with Gasteiger partial charge in [-0.25, -0.2) is 12.8 Å². The predicted molar refractivity (Wildman–Crippen MR) is 78.1 cm³/mol. The van der Waals surface area contributed by atoms with E-state index in [1.54, 1.807) is 0 Å². The van der Waals surface area contributed by atoms with E-state index in [0.717, 1.165) is 18.9 Å². The van der Waals surface area contributed by atoms with E-state index in [2.05, 4.69) is 0 Å². The second-order valence-electron chi connectivity index (χ2n) is 5.40. The van der Waals surface area contributed by atoms with Crippen LogP contribution in [0.15, 0.2) is 23.1 Å². The molecule has 1 aliphatic rings. The third-order valence-electron chi connectivity index (χ3n) is 3.99. The Morgan fingerprint density at radius 2 is 2.14 bits per heavy atom. The van der Waals surface area contributed by atoms with Gasteiger partial charge in [-0.2, -0.15) is 4.31 Å². The summed E-state index contributed by atoms with van der Waals surface area (Å²) in [6, 6.07) is 3.60. The van der Waals surface area contributed by atoms with Crippen LogP contribution in [0.5, 0.6) is 5.75 Å². The zero-order valence-electron chi connectivity index (χ0n) is 12.3. The van der Waals surface area contributed by atoms with Crippen molar-refractivity contribution in [3.63, 3.8) is 0 Å². The Morgan fingerprint density at radius 1 is 1.43 bits per heavy atom. The smallest absolute Gasteiger partial charge is 0.243 e.